The lowest BCUT2D eigenvalue weighted by Gasteiger charge is -2.34. The van der Waals surface area contributed by atoms with E-state index in [1.807, 2.05) is 25.1 Å². The highest BCUT2D eigenvalue weighted by atomic mass is 16.6. The van der Waals surface area contributed by atoms with Crippen molar-refractivity contribution in [3.63, 3.8) is 0 Å². The van der Waals surface area contributed by atoms with Crippen molar-refractivity contribution in [1.29, 1.82) is 0 Å². The van der Waals surface area contributed by atoms with Crippen molar-refractivity contribution < 1.29 is 4.92 Å². The maximum atomic E-state index is 11.8. The number of nitrogens with one attached hydrogen (secondary N) is 1. The summed E-state index contributed by atoms with van der Waals surface area (Å²) < 4.78 is 0. The van der Waals surface area contributed by atoms with Gasteiger partial charge in [0.05, 0.1) is 10.4 Å². The van der Waals surface area contributed by atoms with Crippen molar-refractivity contribution in [2.24, 2.45) is 0 Å². The van der Waals surface area contributed by atoms with Crippen LogP contribution in [0.5, 0.6) is 0 Å². The van der Waals surface area contributed by atoms with E-state index < -0.39 is 0 Å². The Bertz CT molecular complexity index is 1080. The number of likely N-dealkylation sites (N-methyl/N-ethyl adjacent to an activating group) is 1. The number of rotatable bonds is 9. The fourth-order valence-electron chi connectivity index (χ4n) is 4.21. The molecule has 33 heavy (non-hydrogen) atoms. The van der Waals surface area contributed by atoms with E-state index in [2.05, 4.69) is 49.2 Å². The van der Waals surface area contributed by atoms with E-state index in [0.717, 1.165) is 45.1 Å². The maximum Gasteiger partial charge on any atom is 0.293 e. The van der Waals surface area contributed by atoms with Crippen molar-refractivity contribution in [2.75, 3.05) is 63.1 Å². The van der Waals surface area contributed by atoms with Gasteiger partial charge in [0, 0.05) is 63.8 Å². The topological polar surface area (TPSA) is 90.7 Å². The molecule has 4 rings (SSSR count). The normalized spacial score (nSPS) is 15.0. The molecule has 0 amide bonds. The third kappa shape index (κ3) is 5.55. The molecule has 1 fully saturated rings. The van der Waals surface area contributed by atoms with Crippen LogP contribution in [0.1, 0.15) is 12.5 Å². The maximum absolute atomic E-state index is 11.8. The van der Waals surface area contributed by atoms with Gasteiger partial charge in [-0.3, -0.25) is 15.0 Å². The van der Waals surface area contributed by atoms with Crippen LogP contribution in [0.25, 0.3) is 10.9 Å². The predicted molar refractivity (Wildman–Crippen MR) is 132 cm³/mol. The van der Waals surface area contributed by atoms with Gasteiger partial charge in [-0.1, -0.05) is 30.3 Å². The van der Waals surface area contributed by atoms with Gasteiger partial charge in [0.15, 0.2) is 0 Å². The molecule has 1 saturated heterocycles. The fraction of sp³-hybridized carbons (Fsp3) is 0.417. The van der Waals surface area contributed by atoms with Gasteiger partial charge in [-0.05, 0) is 25.6 Å². The zero-order chi connectivity index (χ0) is 23.2. The molecule has 0 saturated carbocycles. The standard InChI is InChI=1S/C24H31N7O2/c1-3-25-22-16-21-20(15-23(22)31(32)33)24(27-18-26-21)30(17-19-7-5-4-6-8-19)14-13-29-11-9-28(2)10-12-29/h4-8,15-16,18,25H,3,9-14,17H2,1-2H3. The molecular weight excluding hydrogens is 418 g/mol. The monoisotopic (exact) mass is 449 g/mol. The molecular formula is C24H31N7O2. The molecule has 0 unspecified atom stereocenters. The van der Waals surface area contributed by atoms with E-state index in [0.29, 0.717) is 29.7 Å². The quantitative estimate of drug-likeness (QED) is 0.393. The van der Waals surface area contributed by atoms with E-state index in [-0.39, 0.29) is 10.6 Å². The van der Waals surface area contributed by atoms with Gasteiger partial charge in [0.2, 0.25) is 0 Å². The van der Waals surface area contributed by atoms with Gasteiger partial charge in [0.1, 0.15) is 17.8 Å². The number of nitro benzene ring substituents is 1. The Morgan fingerprint density at radius 3 is 2.58 bits per heavy atom. The van der Waals surface area contributed by atoms with Crippen molar-refractivity contribution >= 4 is 28.1 Å². The summed E-state index contributed by atoms with van der Waals surface area (Å²) in [5.74, 6) is 0.726. The second-order valence-corrected chi connectivity index (χ2v) is 8.42. The van der Waals surface area contributed by atoms with Gasteiger partial charge < -0.3 is 15.1 Å². The molecule has 1 N–H and O–H groups in total. The summed E-state index contributed by atoms with van der Waals surface area (Å²) in [5, 5.41) is 15.5. The second-order valence-electron chi connectivity index (χ2n) is 8.42. The van der Waals surface area contributed by atoms with E-state index in [9.17, 15) is 10.1 Å². The summed E-state index contributed by atoms with van der Waals surface area (Å²) in [6.45, 7) is 9.06. The Kier molecular flexibility index (Phi) is 7.31. The molecule has 1 aliphatic rings. The smallest absolute Gasteiger partial charge is 0.293 e. The molecule has 0 bridgehead atoms. The van der Waals surface area contributed by atoms with E-state index in [1.54, 1.807) is 18.5 Å². The number of nitrogens with zero attached hydrogens (tertiary/aromatic N) is 6. The van der Waals surface area contributed by atoms with Gasteiger partial charge in [-0.15, -0.1) is 0 Å². The Balaban J connectivity index is 1.69. The Hall–Kier alpha value is -3.30. The van der Waals surface area contributed by atoms with Crippen LogP contribution < -0.4 is 10.2 Å². The first-order valence-corrected chi connectivity index (χ1v) is 11.4. The van der Waals surface area contributed by atoms with Crippen LogP contribution in [-0.4, -0.2) is 77.6 Å². The number of aromatic nitrogens is 2. The molecule has 2 heterocycles. The van der Waals surface area contributed by atoms with E-state index in [1.165, 1.54) is 5.56 Å². The summed E-state index contributed by atoms with van der Waals surface area (Å²) >= 11 is 0. The van der Waals surface area contributed by atoms with Crippen LogP contribution >= 0.6 is 0 Å². The molecule has 1 aromatic heterocycles. The highest BCUT2D eigenvalue weighted by molar-refractivity contribution is 5.94. The van der Waals surface area contributed by atoms with Crippen LogP contribution in [0, 0.1) is 10.1 Å². The number of nitro groups is 1. The highest BCUT2D eigenvalue weighted by Crippen LogP contribution is 2.33. The first-order valence-electron chi connectivity index (χ1n) is 11.4. The predicted octanol–water partition coefficient (Wildman–Crippen LogP) is 3.22. The molecule has 174 valence electrons. The lowest BCUT2D eigenvalue weighted by molar-refractivity contribution is -0.383. The third-order valence-electron chi connectivity index (χ3n) is 6.09. The second kappa shape index (κ2) is 10.5. The van der Waals surface area contributed by atoms with E-state index >= 15 is 0 Å². The van der Waals surface area contributed by atoms with Crippen molar-refractivity contribution in [2.45, 2.75) is 13.5 Å². The fourth-order valence-corrected chi connectivity index (χ4v) is 4.21. The minimum atomic E-state index is -0.347. The molecule has 9 heteroatoms. The molecule has 3 aromatic rings. The molecule has 0 aliphatic carbocycles. The van der Waals surface area contributed by atoms with Gasteiger partial charge in [-0.2, -0.15) is 0 Å². The van der Waals surface area contributed by atoms with Gasteiger partial charge >= 0.3 is 0 Å². The average molecular weight is 450 g/mol. The number of fused-ring (bicyclic) bond motifs is 1. The average Bonchev–Trinajstić information content (AvgIpc) is 2.82. The van der Waals surface area contributed by atoms with Crippen molar-refractivity contribution in [1.82, 2.24) is 19.8 Å². The molecule has 9 nitrogen and oxygen atoms in total. The Morgan fingerprint density at radius 1 is 1.12 bits per heavy atom. The Labute approximate surface area is 194 Å². The third-order valence-corrected chi connectivity index (χ3v) is 6.09. The van der Waals surface area contributed by atoms with Crippen molar-refractivity contribution in [3.8, 4) is 0 Å². The zero-order valence-electron chi connectivity index (χ0n) is 19.3. The molecule has 2 aromatic carbocycles. The minimum absolute atomic E-state index is 0.0409. The first kappa shape index (κ1) is 22.9. The molecule has 1 aliphatic heterocycles. The molecule has 0 radical (unpaired) electrons. The van der Waals surface area contributed by atoms with Crippen LogP contribution in [0.15, 0.2) is 48.8 Å². The largest absolute Gasteiger partial charge is 0.380 e. The minimum Gasteiger partial charge on any atom is -0.380 e. The number of piperazine rings is 1. The van der Waals surface area contributed by atoms with Gasteiger partial charge in [0.25, 0.3) is 5.69 Å². The number of hydrogen-bond donors (Lipinski definition) is 1. The summed E-state index contributed by atoms with van der Waals surface area (Å²) in [5.41, 5.74) is 2.38. The van der Waals surface area contributed by atoms with Crippen LogP contribution in [0.3, 0.4) is 0 Å². The van der Waals surface area contributed by atoms with Crippen LogP contribution in [-0.2, 0) is 6.54 Å². The van der Waals surface area contributed by atoms with Crippen LogP contribution in [0.2, 0.25) is 0 Å². The lowest BCUT2D eigenvalue weighted by Crippen LogP contribution is -2.47. The first-order chi connectivity index (χ1) is 16.0. The van der Waals surface area contributed by atoms with Crippen LogP contribution in [0.4, 0.5) is 17.2 Å². The lowest BCUT2D eigenvalue weighted by atomic mass is 10.1. The molecule has 0 spiro atoms. The zero-order valence-corrected chi connectivity index (χ0v) is 19.3. The number of anilines is 2. The summed E-state index contributed by atoms with van der Waals surface area (Å²) in [6, 6.07) is 13.6. The number of benzene rings is 2. The summed E-state index contributed by atoms with van der Waals surface area (Å²) in [4.78, 5) is 27.5. The highest BCUT2D eigenvalue weighted by Gasteiger charge is 2.21. The van der Waals surface area contributed by atoms with Gasteiger partial charge in [-0.25, -0.2) is 9.97 Å². The van der Waals surface area contributed by atoms with Crippen molar-refractivity contribution in [3.05, 3.63) is 64.5 Å². The summed E-state index contributed by atoms with van der Waals surface area (Å²) in [6.07, 6.45) is 1.55. The SMILES string of the molecule is CCNc1cc2ncnc(N(CCN3CCN(C)CC3)Cc3ccccc3)c2cc1[N+](=O)[O-]. The number of hydrogen-bond acceptors (Lipinski definition) is 8. The Morgan fingerprint density at radius 2 is 1.88 bits per heavy atom. The van der Waals surface area contributed by atoms with E-state index in [4.69, 9.17) is 0 Å². The molecule has 0 atom stereocenters. The summed E-state index contributed by atoms with van der Waals surface area (Å²) in [7, 11) is 2.15.